The van der Waals surface area contributed by atoms with E-state index < -0.39 is 18.0 Å². The van der Waals surface area contributed by atoms with Crippen molar-refractivity contribution >= 4 is 28.5 Å². The van der Waals surface area contributed by atoms with Gasteiger partial charge < -0.3 is 19.5 Å². The smallest absolute Gasteiger partial charge is 0.311 e. The number of pyridine rings is 1. The molecular formula is C22H22N2O5. The summed E-state index contributed by atoms with van der Waals surface area (Å²) >= 11 is 0. The fourth-order valence-electron chi connectivity index (χ4n) is 2.88. The Morgan fingerprint density at radius 3 is 2.41 bits per heavy atom. The third-order valence-corrected chi connectivity index (χ3v) is 4.35. The molecular weight excluding hydrogens is 372 g/mol. The number of esters is 1. The number of nitrogens with zero attached hydrogens (tertiary/aromatic N) is 1. The number of hydrogen-bond acceptors (Lipinski definition) is 6. The Bertz CT molecular complexity index is 1010. The van der Waals surface area contributed by atoms with Crippen LogP contribution in [0.15, 0.2) is 54.7 Å². The van der Waals surface area contributed by atoms with Crippen LogP contribution in [0.5, 0.6) is 11.5 Å². The van der Waals surface area contributed by atoms with Crippen LogP contribution in [-0.2, 0) is 20.7 Å². The van der Waals surface area contributed by atoms with Gasteiger partial charge in [0.25, 0.3) is 5.91 Å². The first kappa shape index (κ1) is 20.1. The second-order valence-electron chi connectivity index (χ2n) is 6.39. The van der Waals surface area contributed by atoms with Crippen LogP contribution in [0.25, 0.3) is 10.9 Å². The summed E-state index contributed by atoms with van der Waals surface area (Å²) < 4.78 is 15.7. The summed E-state index contributed by atoms with van der Waals surface area (Å²) in [6.45, 7) is 1.52. The second kappa shape index (κ2) is 9.05. The van der Waals surface area contributed by atoms with Crippen molar-refractivity contribution in [1.82, 2.24) is 4.98 Å². The summed E-state index contributed by atoms with van der Waals surface area (Å²) in [4.78, 5) is 29.1. The van der Waals surface area contributed by atoms with Crippen molar-refractivity contribution in [2.75, 3.05) is 19.5 Å². The first-order valence-corrected chi connectivity index (χ1v) is 9.06. The monoisotopic (exact) mass is 394 g/mol. The van der Waals surface area contributed by atoms with E-state index in [1.165, 1.54) is 21.1 Å². The van der Waals surface area contributed by atoms with E-state index in [1.807, 2.05) is 30.3 Å². The zero-order valence-electron chi connectivity index (χ0n) is 16.5. The van der Waals surface area contributed by atoms with Crippen LogP contribution in [0.1, 0.15) is 12.5 Å². The first-order valence-electron chi connectivity index (χ1n) is 9.06. The second-order valence-corrected chi connectivity index (χ2v) is 6.39. The molecule has 7 heteroatoms. The molecule has 0 unspecified atom stereocenters. The standard InChI is InChI=1S/C22H22N2O5/c1-14(22(26)24-17-11-18(27-2)13-19(12-17)28-3)29-20(25)10-16-7-4-6-15-8-5-9-23-21(15)16/h4-9,11-14H,10H2,1-3H3,(H,24,26)/t14-/m1/s1. The predicted molar refractivity (Wildman–Crippen MR) is 109 cm³/mol. The number of hydrogen-bond donors (Lipinski definition) is 1. The van der Waals surface area contributed by atoms with Crippen LogP contribution in [0.2, 0.25) is 0 Å². The van der Waals surface area contributed by atoms with Crippen LogP contribution < -0.4 is 14.8 Å². The number of amides is 1. The van der Waals surface area contributed by atoms with E-state index in [-0.39, 0.29) is 6.42 Å². The average molecular weight is 394 g/mol. The Balaban J connectivity index is 1.64. The summed E-state index contributed by atoms with van der Waals surface area (Å²) in [5, 5.41) is 3.64. The van der Waals surface area contributed by atoms with Gasteiger partial charge in [-0.2, -0.15) is 0 Å². The van der Waals surface area contributed by atoms with Crippen molar-refractivity contribution in [1.29, 1.82) is 0 Å². The Kier molecular flexibility index (Phi) is 6.29. The van der Waals surface area contributed by atoms with Gasteiger partial charge in [-0.25, -0.2) is 0 Å². The lowest BCUT2D eigenvalue weighted by atomic mass is 10.1. The van der Waals surface area contributed by atoms with E-state index in [9.17, 15) is 9.59 Å². The minimum Gasteiger partial charge on any atom is -0.497 e. The zero-order valence-corrected chi connectivity index (χ0v) is 16.5. The van der Waals surface area contributed by atoms with Gasteiger partial charge in [-0.15, -0.1) is 0 Å². The van der Waals surface area contributed by atoms with Crippen LogP contribution in [0, 0.1) is 0 Å². The summed E-state index contributed by atoms with van der Waals surface area (Å²) in [6.07, 6.45) is 0.733. The van der Waals surface area contributed by atoms with Crippen molar-refractivity contribution in [2.45, 2.75) is 19.4 Å². The lowest BCUT2D eigenvalue weighted by molar-refractivity contribution is -0.152. The number of nitrogens with one attached hydrogen (secondary N) is 1. The molecule has 150 valence electrons. The van der Waals surface area contributed by atoms with Crippen molar-refractivity contribution in [3.63, 3.8) is 0 Å². The van der Waals surface area contributed by atoms with Crippen LogP contribution in [0.3, 0.4) is 0 Å². The van der Waals surface area contributed by atoms with Gasteiger partial charge in [-0.05, 0) is 18.6 Å². The molecule has 1 amide bonds. The molecule has 7 nitrogen and oxygen atoms in total. The van der Waals surface area contributed by atoms with E-state index in [1.54, 1.807) is 24.4 Å². The molecule has 0 bridgehead atoms. The van der Waals surface area contributed by atoms with Gasteiger partial charge in [0.05, 0.1) is 26.2 Å². The lowest BCUT2D eigenvalue weighted by Crippen LogP contribution is -2.30. The zero-order chi connectivity index (χ0) is 20.8. The van der Waals surface area contributed by atoms with E-state index in [4.69, 9.17) is 14.2 Å². The largest absolute Gasteiger partial charge is 0.497 e. The molecule has 0 aliphatic rings. The third kappa shape index (κ3) is 5.01. The molecule has 0 aliphatic carbocycles. The number of fused-ring (bicyclic) bond motifs is 1. The Labute approximate surface area is 168 Å². The fraction of sp³-hybridized carbons (Fsp3) is 0.227. The molecule has 0 saturated carbocycles. The molecule has 3 aromatic rings. The number of carbonyl (C=O) groups excluding carboxylic acids is 2. The van der Waals surface area contributed by atoms with Crippen LogP contribution >= 0.6 is 0 Å². The predicted octanol–water partition coefficient (Wildman–Crippen LogP) is 3.36. The van der Waals surface area contributed by atoms with E-state index in [2.05, 4.69) is 10.3 Å². The molecule has 0 spiro atoms. The number of rotatable bonds is 7. The van der Waals surface area contributed by atoms with E-state index in [0.29, 0.717) is 17.2 Å². The highest BCUT2D eigenvalue weighted by Gasteiger charge is 2.19. The molecule has 29 heavy (non-hydrogen) atoms. The van der Waals surface area contributed by atoms with Crippen LogP contribution in [0.4, 0.5) is 5.69 Å². The maximum absolute atomic E-state index is 12.4. The highest BCUT2D eigenvalue weighted by Crippen LogP contribution is 2.26. The van der Waals surface area contributed by atoms with E-state index in [0.717, 1.165) is 16.5 Å². The summed E-state index contributed by atoms with van der Waals surface area (Å²) in [6, 6.07) is 14.4. The highest BCUT2D eigenvalue weighted by molar-refractivity contribution is 5.95. The number of para-hydroxylation sites is 1. The van der Waals surface area contributed by atoms with Gasteiger partial charge in [0.1, 0.15) is 11.5 Å². The quantitative estimate of drug-likeness (QED) is 0.619. The first-order chi connectivity index (χ1) is 14.0. The van der Waals surface area contributed by atoms with Gasteiger partial charge in [0, 0.05) is 35.5 Å². The van der Waals surface area contributed by atoms with Gasteiger partial charge in [-0.3, -0.25) is 14.6 Å². The molecule has 2 aromatic carbocycles. The van der Waals surface area contributed by atoms with Gasteiger partial charge in [-0.1, -0.05) is 24.3 Å². The molecule has 0 aliphatic heterocycles. The molecule has 0 saturated heterocycles. The SMILES string of the molecule is COc1cc(NC(=O)[C@@H](C)OC(=O)Cc2cccc3cccnc23)cc(OC)c1. The van der Waals surface area contributed by atoms with Gasteiger partial charge >= 0.3 is 5.97 Å². The minimum atomic E-state index is -0.970. The summed E-state index contributed by atoms with van der Waals surface area (Å²) in [7, 11) is 3.04. The maximum atomic E-state index is 12.4. The van der Waals surface area contributed by atoms with Crippen molar-refractivity contribution in [3.05, 3.63) is 60.3 Å². The molecule has 3 rings (SSSR count). The number of aromatic nitrogens is 1. The molecule has 1 atom stereocenters. The lowest BCUT2D eigenvalue weighted by Gasteiger charge is -2.15. The Morgan fingerprint density at radius 2 is 1.72 bits per heavy atom. The van der Waals surface area contributed by atoms with Crippen molar-refractivity contribution < 1.29 is 23.8 Å². The molecule has 0 fully saturated rings. The fourth-order valence-corrected chi connectivity index (χ4v) is 2.88. The van der Waals surface area contributed by atoms with E-state index >= 15 is 0 Å². The number of anilines is 1. The summed E-state index contributed by atoms with van der Waals surface area (Å²) in [5.41, 5.74) is 1.97. The summed E-state index contributed by atoms with van der Waals surface area (Å²) in [5.74, 6) is 0.110. The van der Waals surface area contributed by atoms with Crippen LogP contribution in [-0.4, -0.2) is 37.2 Å². The Morgan fingerprint density at radius 1 is 1.03 bits per heavy atom. The van der Waals surface area contributed by atoms with Crippen molar-refractivity contribution in [3.8, 4) is 11.5 Å². The maximum Gasteiger partial charge on any atom is 0.311 e. The van der Waals surface area contributed by atoms with Crippen molar-refractivity contribution in [2.24, 2.45) is 0 Å². The average Bonchev–Trinajstić information content (AvgIpc) is 2.73. The number of methoxy groups -OCH3 is 2. The molecule has 1 aromatic heterocycles. The highest BCUT2D eigenvalue weighted by atomic mass is 16.5. The third-order valence-electron chi connectivity index (χ3n) is 4.35. The number of benzene rings is 2. The topological polar surface area (TPSA) is 86.8 Å². The Hall–Kier alpha value is -3.61. The number of carbonyl (C=O) groups is 2. The minimum absolute atomic E-state index is 0.0267. The molecule has 0 radical (unpaired) electrons. The number of ether oxygens (including phenoxy) is 3. The van der Waals surface area contributed by atoms with Gasteiger partial charge in [0.2, 0.25) is 0 Å². The van der Waals surface area contributed by atoms with Gasteiger partial charge in [0.15, 0.2) is 6.10 Å². The molecule has 1 N–H and O–H groups in total. The molecule has 1 heterocycles. The normalized spacial score (nSPS) is 11.6.